The Morgan fingerprint density at radius 1 is 1.53 bits per heavy atom. The van der Waals surface area contributed by atoms with E-state index in [9.17, 15) is 4.79 Å². The van der Waals surface area contributed by atoms with Crippen molar-refractivity contribution in [3.05, 3.63) is 10.4 Å². The molecule has 0 saturated carbocycles. The first-order valence-corrected chi connectivity index (χ1v) is 5.99. The molecule has 1 amide bonds. The lowest BCUT2D eigenvalue weighted by atomic mass is 10.2. The quantitative estimate of drug-likeness (QED) is 0.315. The molecule has 0 aromatic heterocycles. The van der Waals surface area contributed by atoms with Crippen LogP contribution in [0.25, 0.3) is 10.4 Å². The van der Waals surface area contributed by atoms with Crippen LogP contribution < -0.4 is 10.6 Å². The Morgan fingerprint density at radius 3 is 2.74 bits per heavy atom. The number of nitrogens with zero attached hydrogens (tertiary/aromatic N) is 4. The van der Waals surface area contributed by atoms with E-state index in [1.165, 1.54) is 0 Å². The predicted molar refractivity (Wildman–Crippen MR) is 70.3 cm³/mol. The summed E-state index contributed by atoms with van der Waals surface area (Å²) in [5.41, 5.74) is 7.55. The van der Waals surface area contributed by atoms with Gasteiger partial charge in [0, 0.05) is 24.5 Å². The molecule has 0 saturated heterocycles. The lowest BCUT2D eigenvalue weighted by Crippen LogP contribution is -2.37. The number of hydrogen-bond acceptors (Lipinski definition) is 5. The van der Waals surface area contributed by atoms with E-state index < -0.39 is 17.7 Å². The summed E-state index contributed by atoms with van der Waals surface area (Å²) in [5.74, 6) is 0. The molecule has 0 radical (unpaired) electrons. The molecule has 1 atom stereocenters. The summed E-state index contributed by atoms with van der Waals surface area (Å²) in [6.45, 7) is 6.39. The third kappa shape index (κ3) is 10.9. The van der Waals surface area contributed by atoms with E-state index in [0.717, 1.165) is 0 Å². The summed E-state index contributed by atoms with van der Waals surface area (Å²) < 4.78 is 5.06. The molecule has 106 valence electrons. The molecule has 1 unspecified atom stereocenters. The number of carbonyl (C=O) groups is 1. The van der Waals surface area contributed by atoms with Crippen molar-refractivity contribution in [1.29, 1.82) is 5.26 Å². The number of amides is 1. The Bertz CT molecular complexity index is 364. The van der Waals surface area contributed by atoms with Gasteiger partial charge in [0.1, 0.15) is 5.60 Å². The van der Waals surface area contributed by atoms with Crippen molar-refractivity contribution in [3.63, 3.8) is 0 Å². The second kappa shape index (κ2) is 9.03. The number of azide groups is 1. The highest BCUT2D eigenvalue weighted by molar-refractivity contribution is 5.67. The monoisotopic (exact) mass is 268 g/mol. The van der Waals surface area contributed by atoms with Crippen LogP contribution in [0.15, 0.2) is 5.11 Å². The minimum Gasteiger partial charge on any atom is -0.444 e. The number of hydrogen-bond donors (Lipinski definition) is 2. The zero-order chi connectivity index (χ0) is 14.7. The van der Waals surface area contributed by atoms with Gasteiger partial charge in [-0.3, -0.25) is 0 Å². The fourth-order valence-corrected chi connectivity index (χ4v) is 1.18. The maximum absolute atomic E-state index is 11.3. The van der Waals surface area contributed by atoms with Crippen LogP contribution in [0.5, 0.6) is 0 Å². The van der Waals surface area contributed by atoms with Gasteiger partial charge < -0.3 is 15.4 Å². The van der Waals surface area contributed by atoms with Gasteiger partial charge in [0.2, 0.25) is 0 Å². The molecule has 8 nitrogen and oxygen atoms in total. The van der Waals surface area contributed by atoms with Gasteiger partial charge in [-0.1, -0.05) is 5.11 Å². The Kier molecular flexibility index (Phi) is 8.09. The Morgan fingerprint density at radius 2 is 2.21 bits per heavy atom. The molecule has 0 spiro atoms. The lowest BCUT2D eigenvalue weighted by Gasteiger charge is -2.20. The van der Waals surface area contributed by atoms with E-state index in [1.807, 2.05) is 0 Å². The van der Waals surface area contributed by atoms with Crippen molar-refractivity contribution < 1.29 is 9.53 Å². The van der Waals surface area contributed by atoms with Crippen molar-refractivity contribution in [3.8, 4) is 6.07 Å². The Balaban J connectivity index is 3.81. The molecule has 2 N–H and O–H groups in total. The van der Waals surface area contributed by atoms with E-state index in [4.69, 9.17) is 15.5 Å². The standard InChI is InChI=1S/C11H20N6O2/c1-11(2,3)19-10(18)15-5-4-9(8-12)14-6-7-16-17-13/h9,14H,4-7H2,1-3H3,(H,15,18). The van der Waals surface area contributed by atoms with Crippen LogP contribution >= 0.6 is 0 Å². The number of alkyl carbamates (subject to hydrolysis) is 1. The molecule has 0 aromatic carbocycles. The first kappa shape index (κ1) is 17.0. The van der Waals surface area contributed by atoms with Crippen LogP contribution in [0.2, 0.25) is 0 Å². The van der Waals surface area contributed by atoms with Gasteiger partial charge in [-0.15, -0.1) is 0 Å². The van der Waals surface area contributed by atoms with Gasteiger partial charge in [0.05, 0.1) is 12.1 Å². The van der Waals surface area contributed by atoms with Crippen LogP contribution in [0.4, 0.5) is 4.79 Å². The summed E-state index contributed by atoms with van der Waals surface area (Å²) in [7, 11) is 0. The summed E-state index contributed by atoms with van der Waals surface area (Å²) >= 11 is 0. The zero-order valence-electron chi connectivity index (χ0n) is 11.5. The summed E-state index contributed by atoms with van der Waals surface area (Å²) in [5, 5.41) is 17.7. The SMILES string of the molecule is CC(C)(C)OC(=O)NCCC(C#N)NCCN=[N+]=[N-]. The number of ether oxygens (including phenoxy) is 1. The van der Waals surface area contributed by atoms with E-state index in [2.05, 4.69) is 26.7 Å². The van der Waals surface area contributed by atoms with Crippen LogP contribution in [-0.2, 0) is 4.74 Å². The average molecular weight is 268 g/mol. The van der Waals surface area contributed by atoms with Gasteiger partial charge in [0.25, 0.3) is 0 Å². The fourth-order valence-electron chi connectivity index (χ4n) is 1.18. The Labute approximate surface area is 112 Å². The number of carbonyl (C=O) groups excluding carboxylic acids is 1. The van der Waals surface area contributed by atoms with Crippen LogP contribution in [0.1, 0.15) is 27.2 Å². The summed E-state index contributed by atoms with van der Waals surface area (Å²) in [6, 6.07) is 1.66. The molecule has 0 aliphatic rings. The summed E-state index contributed by atoms with van der Waals surface area (Å²) in [4.78, 5) is 13.9. The molecule has 8 heteroatoms. The van der Waals surface area contributed by atoms with Crippen LogP contribution in [-0.4, -0.2) is 37.4 Å². The van der Waals surface area contributed by atoms with Gasteiger partial charge in [-0.25, -0.2) is 4.79 Å². The molecule has 0 aliphatic carbocycles. The van der Waals surface area contributed by atoms with E-state index in [1.54, 1.807) is 20.8 Å². The van der Waals surface area contributed by atoms with Crippen molar-refractivity contribution in [2.24, 2.45) is 5.11 Å². The number of nitrogens with one attached hydrogen (secondary N) is 2. The largest absolute Gasteiger partial charge is 0.444 e. The second-order valence-electron chi connectivity index (χ2n) is 4.81. The third-order valence-corrected chi connectivity index (χ3v) is 1.92. The maximum atomic E-state index is 11.3. The molecule has 0 heterocycles. The molecule has 0 bridgehead atoms. The minimum absolute atomic E-state index is 0.286. The topological polar surface area (TPSA) is 123 Å². The number of rotatable bonds is 7. The zero-order valence-corrected chi connectivity index (χ0v) is 11.5. The van der Waals surface area contributed by atoms with Gasteiger partial charge in [-0.2, -0.15) is 5.26 Å². The highest BCUT2D eigenvalue weighted by atomic mass is 16.6. The molecule has 0 aliphatic heterocycles. The smallest absolute Gasteiger partial charge is 0.407 e. The minimum atomic E-state index is -0.535. The van der Waals surface area contributed by atoms with Crippen molar-refractivity contribution in [1.82, 2.24) is 10.6 Å². The normalized spacial score (nSPS) is 11.9. The maximum Gasteiger partial charge on any atom is 0.407 e. The molecule has 0 aromatic rings. The van der Waals surface area contributed by atoms with Crippen molar-refractivity contribution in [2.75, 3.05) is 19.6 Å². The molecule has 0 fully saturated rings. The van der Waals surface area contributed by atoms with E-state index >= 15 is 0 Å². The lowest BCUT2D eigenvalue weighted by molar-refractivity contribution is 0.0526. The summed E-state index contributed by atoms with van der Waals surface area (Å²) in [6.07, 6.45) is -0.0512. The Hall–Kier alpha value is -1.97. The predicted octanol–water partition coefficient (Wildman–Crippen LogP) is 1.69. The number of nitriles is 1. The van der Waals surface area contributed by atoms with E-state index in [-0.39, 0.29) is 6.54 Å². The molecule has 19 heavy (non-hydrogen) atoms. The van der Waals surface area contributed by atoms with Crippen molar-refractivity contribution in [2.45, 2.75) is 38.8 Å². The van der Waals surface area contributed by atoms with Gasteiger partial charge in [0.15, 0.2) is 0 Å². The van der Waals surface area contributed by atoms with Crippen molar-refractivity contribution >= 4 is 6.09 Å². The fraction of sp³-hybridized carbons (Fsp3) is 0.818. The van der Waals surface area contributed by atoms with Crippen LogP contribution in [0.3, 0.4) is 0 Å². The first-order chi connectivity index (χ1) is 8.89. The average Bonchev–Trinajstić information content (AvgIpc) is 2.30. The highest BCUT2D eigenvalue weighted by Gasteiger charge is 2.16. The van der Waals surface area contributed by atoms with Crippen LogP contribution in [0, 0.1) is 11.3 Å². The molecular formula is C11H20N6O2. The first-order valence-electron chi connectivity index (χ1n) is 5.99. The van der Waals surface area contributed by atoms with Gasteiger partial charge in [-0.05, 0) is 32.7 Å². The third-order valence-electron chi connectivity index (χ3n) is 1.92. The highest BCUT2D eigenvalue weighted by Crippen LogP contribution is 2.06. The molecule has 0 rings (SSSR count). The second-order valence-corrected chi connectivity index (χ2v) is 4.81. The van der Waals surface area contributed by atoms with E-state index in [0.29, 0.717) is 19.5 Å². The van der Waals surface area contributed by atoms with Gasteiger partial charge >= 0.3 is 6.09 Å². The molecular weight excluding hydrogens is 248 g/mol.